The lowest BCUT2D eigenvalue weighted by atomic mass is 10.0. The standard InChI is InChI=1S/C12H16O3/c1-5-15-12(13)11-9(3)8(2)6-7-10(11)14-4/h6-7H,5H2,1-4H3. The second kappa shape index (κ2) is 4.82. The lowest BCUT2D eigenvalue weighted by molar-refractivity contribution is 0.0521. The molecule has 0 N–H and O–H groups in total. The molecule has 0 atom stereocenters. The van der Waals surface area contributed by atoms with Crippen molar-refractivity contribution in [2.24, 2.45) is 0 Å². The molecule has 0 saturated carbocycles. The molecular weight excluding hydrogens is 192 g/mol. The first-order valence-electron chi connectivity index (χ1n) is 4.93. The van der Waals surface area contributed by atoms with Gasteiger partial charge in [0.1, 0.15) is 11.3 Å². The predicted molar refractivity (Wildman–Crippen MR) is 58.4 cm³/mol. The van der Waals surface area contributed by atoms with Gasteiger partial charge in [0.2, 0.25) is 0 Å². The maximum absolute atomic E-state index is 11.7. The summed E-state index contributed by atoms with van der Waals surface area (Å²) in [6, 6.07) is 3.71. The van der Waals surface area contributed by atoms with Gasteiger partial charge in [0.15, 0.2) is 0 Å². The van der Waals surface area contributed by atoms with E-state index in [0.717, 1.165) is 11.1 Å². The van der Waals surface area contributed by atoms with Gasteiger partial charge in [-0.25, -0.2) is 4.79 Å². The first-order chi connectivity index (χ1) is 7.11. The highest BCUT2D eigenvalue weighted by molar-refractivity contribution is 5.94. The van der Waals surface area contributed by atoms with Gasteiger partial charge in [0.25, 0.3) is 0 Å². The Morgan fingerprint density at radius 2 is 2.00 bits per heavy atom. The molecule has 0 radical (unpaired) electrons. The average molecular weight is 208 g/mol. The van der Waals surface area contributed by atoms with E-state index in [4.69, 9.17) is 9.47 Å². The maximum atomic E-state index is 11.7. The van der Waals surface area contributed by atoms with Crippen LogP contribution in [-0.4, -0.2) is 19.7 Å². The molecule has 3 heteroatoms. The number of carbonyl (C=O) groups is 1. The Hall–Kier alpha value is -1.51. The number of rotatable bonds is 3. The molecule has 0 aliphatic rings. The topological polar surface area (TPSA) is 35.5 Å². The van der Waals surface area contributed by atoms with E-state index in [1.807, 2.05) is 19.9 Å². The van der Waals surface area contributed by atoms with Crippen LogP contribution in [0.15, 0.2) is 12.1 Å². The van der Waals surface area contributed by atoms with Crippen LogP contribution in [0.2, 0.25) is 0 Å². The van der Waals surface area contributed by atoms with Crippen LogP contribution in [0.4, 0.5) is 0 Å². The van der Waals surface area contributed by atoms with Gasteiger partial charge in [-0.2, -0.15) is 0 Å². The molecule has 0 saturated heterocycles. The monoisotopic (exact) mass is 208 g/mol. The largest absolute Gasteiger partial charge is 0.496 e. The van der Waals surface area contributed by atoms with Crippen molar-refractivity contribution in [1.82, 2.24) is 0 Å². The van der Waals surface area contributed by atoms with Crippen molar-refractivity contribution < 1.29 is 14.3 Å². The normalized spacial score (nSPS) is 9.87. The van der Waals surface area contributed by atoms with Crippen LogP contribution < -0.4 is 4.74 Å². The van der Waals surface area contributed by atoms with E-state index < -0.39 is 0 Å². The Morgan fingerprint density at radius 1 is 1.33 bits per heavy atom. The minimum Gasteiger partial charge on any atom is -0.496 e. The molecule has 0 aliphatic heterocycles. The summed E-state index contributed by atoms with van der Waals surface area (Å²) in [5.74, 6) is 0.243. The molecule has 0 amide bonds. The molecule has 1 aromatic carbocycles. The van der Waals surface area contributed by atoms with E-state index in [0.29, 0.717) is 17.9 Å². The zero-order chi connectivity index (χ0) is 11.4. The number of carbonyl (C=O) groups excluding carboxylic acids is 1. The molecule has 0 aliphatic carbocycles. The highest BCUT2D eigenvalue weighted by Gasteiger charge is 2.17. The van der Waals surface area contributed by atoms with Crippen LogP contribution in [0.5, 0.6) is 5.75 Å². The number of hydrogen-bond acceptors (Lipinski definition) is 3. The number of benzene rings is 1. The van der Waals surface area contributed by atoms with Crippen molar-refractivity contribution in [1.29, 1.82) is 0 Å². The first-order valence-corrected chi connectivity index (χ1v) is 4.93. The molecule has 0 heterocycles. The van der Waals surface area contributed by atoms with Gasteiger partial charge < -0.3 is 9.47 Å². The van der Waals surface area contributed by atoms with Crippen LogP contribution in [0, 0.1) is 13.8 Å². The van der Waals surface area contributed by atoms with Crippen LogP contribution in [0.1, 0.15) is 28.4 Å². The number of esters is 1. The summed E-state index contributed by atoms with van der Waals surface area (Å²) in [5.41, 5.74) is 2.49. The van der Waals surface area contributed by atoms with Gasteiger partial charge in [-0.3, -0.25) is 0 Å². The highest BCUT2D eigenvalue weighted by atomic mass is 16.5. The summed E-state index contributed by atoms with van der Waals surface area (Å²) >= 11 is 0. The van der Waals surface area contributed by atoms with E-state index in [9.17, 15) is 4.79 Å². The zero-order valence-electron chi connectivity index (χ0n) is 9.59. The molecular formula is C12H16O3. The third-order valence-corrected chi connectivity index (χ3v) is 2.40. The highest BCUT2D eigenvalue weighted by Crippen LogP contribution is 2.25. The second-order valence-electron chi connectivity index (χ2n) is 3.31. The Balaban J connectivity index is 3.23. The van der Waals surface area contributed by atoms with E-state index in [2.05, 4.69) is 0 Å². The van der Waals surface area contributed by atoms with Gasteiger partial charge in [-0.15, -0.1) is 0 Å². The molecule has 0 spiro atoms. The number of hydrogen-bond donors (Lipinski definition) is 0. The molecule has 0 aromatic heterocycles. The lowest BCUT2D eigenvalue weighted by Gasteiger charge is -2.12. The third-order valence-electron chi connectivity index (χ3n) is 2.40. The zero-order valence-corrected chi connectivity index (χ0v) is 9.59. The molecule has 0 bridgehead atoms. The smallest absolute Gasteiger partial charge is 0.342 e. The van der Waals surface area contributed by atoms with E-state index >= 15 is 0 Å². The molecule has 0 unspecified atom stereocenters. The number of ether oxygens (including phenoxy) is 2. The van der Waals surface area contributed by atoms with E-state index in [1.54, 1.807) is 20.1 Å². The van der Waals surface area contributed by atoms with Crippen LogP contribution in [0.25, 0.3) is 0 Å². The van der Waals surface area contributed by atoms with Crippen LogP contribution in [-0.2, 0) is 4.74 Å². The fourth-order valence-electron chi connectivity index (χ4n) is 1.42. The van der Waals surface area contributed by atoms with Crippen molar-refractivity contribution in [3.63, 3.8) is 0 Å². The summed E-state index contributed by atoms with van der Waals surface area (Å²) in [5, 5.41) is 0. The van der Waals surface area contributed by atoms with Gasteiger partial charge in [-0.05, 0) is 38.0 Å². The van der Waals surface area contributed by atoms with Crippen molar-refractivity contribution in [3.8, 4) is 5.75 Å². The number of aryl methyl sites for hydroxylation is 1. The molecule has 1 aromatic rings. The van der Waals surface area contributed by atoms with Crippen molar-refractivity contribution >= 4 is 5.97 Å². The molecule has 3 nitrogen and oxygen atoms in total. The summed E-state index contributed by atoms with van der Waals surface area (Å²) in [6.45, 7) is 6.01. The first kappa shape index (κ1) is 11.6. The van der Waals surface area contributed by atoms with E-state index in [1.165, 1.54) is 0 Å². The minimum atomic E-state index is -0.324. The van der Waals surface area contributed by atoms with Crippen molar-refractivity contribution in [2.45, 2.75) is 20.8 Å². The summed E-state index contributed by atoms with van der Waals surface area (Å²) < 4.78 is 10.1. The summed E-state index contributed by atoms with van der Waals surface area (Å²) in [7, 11) is 1.55. The fraction of sp³-hybridized carbons (Fsp3) is 0.417. The second-order valence-corrected chi connectivity index (χ2v) is 3.31. The quantitative estimate of drug-likeness (QED) is 0.716. The molecule has 82 valence electrons. The average Bonchev–Trinajstić information content (AvgIpc) is 2.22. The number of methoxy groups -OCH3 is 1. The van der Waals surface area contributed by atoms with Gasteiger partial charge in [0.05, 0.1) is 13.7 Å². The summed E-state index contributed by atoms with van der Waals surface area (Å²) in [4.78, 5) is 11.7. The Kier molecular flexibility index (Phi) is 3.72. The Labute approximate surface area is 90.0 Å². The lowest BCUT2D eigenvalue weighted by Crippen LogP contribution is -2.09. The van der Waals surface area contributed by atoms with Crippen molar-refractivity contribution in [2.75, 3.05) is 13.7 Å². The van der Waals surface area contributed by atoms with Crippen LogP contribution >= 0.6 is 0 Å². The third kappa shape index (κ3) is 2.29. The Morgan fingerprint density at radius 3 is 2.53 bits per heavy atom. The molecule has 0 fully saturated rings. The molecule has 1 rings (SSSR count). The maximum Gasteiger partial charge on any atom is 0.342 e. The fourth-order valence-corrected chi connectivity index (χ4v) is 1.42. The minimum absolute atomic E-state index is 0.324. The van der Waals surface area contributed by atoms with Crippen LogP contribution in [0.3, 0.4) is 0 Å². The van der Waals surface area contributed by atoms with Gasteiger partial charge in [-0.1, -0.05) is 6.07 Å². The van der Waals surface area contributed by atoms with Gasteiger partial charge >= 0.3 is 5.97 Å². The SMILES string of the molecule is CCOC(=O)c1c(OC)ccc(C)c1C. The predicted octanol–water partition coefficient (Wildman–Crippen LogP) is 2.49. The van der Waals surface area contributed by atoms with Gasteiger partial charge in [0, 0.05) is 0 Å². The Bertz CT molecular complexity index is 369. The molecule has 15 heavy (non-hydrogen) atoms. The van der Waals surface area contributed by atoms with E-state index in [-0.39, 0.29) is 5.97 Å². The van der Waals surface area contributed by atoms with Crippen molar-refractivity contribution in [3.05, 3.63) is 28.8 Å². The summed E-state index contributed by atoms with van der Waals surface area (Å²) in [6.07, 6.45) is 0.